The molecule has 0 radical (unpaired) electrons. The third kappa shape index (κ3) is 5.55. The van der Waals surface area contributed by atoms with E-state index >= 15 is 0 Å². The molecule has 11 heteroatoms. The third-order valence-corrected chi connectivity index (χ3v) is 5.35. The number of esters is 1. The summed E-state index contributed by atoms with van der Waals surface area (Å²) < 4.78 is 48.0. The quantitative estimate of drug-likeness (QED) is 0.493. The van der Waals surface area contributed by atoms with E-state index in [1.54, 1.807) is 19.1 Å². The van der Waals surface area contributed by atoms with Crippen molar-refractivity contribution < 1.29 is 36.7 Å². The summed E-state index contributed by atoms with van der Waals surface area (Å²) in [5, 5.41) is 5.38. The van der Waals surface area contributed by atoms with Crippen LogP contribution in [0.25, 0.3) is 0 Å². The number of alkyl halides is 3. The maximum atomic E-state index is 12.6. The van der Waals surface area contributed by atoms with Crippen molar-refractivity contribution in [3.63, 3.8) is 0 Å². The average molecular weight is 466 g/mol. The van der Waals surface area contributed by atoms with Gasteiger partial charge in [0.15, 0.2) is 11.9 Å². The summed E-state index contributed by atoms with van der Waals surface area (Å²) in [5.74, 6) is -1.87. The fourth-order valence-corrected chi connectivity index (χ4v) is 3.53. The van der Waals surface area contributed by atoms with Gasteiger partial charge in [-0.2, -0.15) is 13.2 Å². The van der Waals surface area contributed by atoms with Crippen molar-refractivity contribution in [1.82, 2.24) is 0 Å². The zero-order valence-corrected chi connectivity index (χ0v) is 17.6. The molecule has 0 aliphatic carbocycles. The van der Waals surface area contributed by atoms with Gasteiger partial charge in [-0.3, -0.25) is 9.59 Å². The lowest BCUT2D eigenvalue weighted by molar-refractivity contribution is -0.137. The Morgan fingerprint density at radius 2 is 1.78 bits per heavy atom. The van der Waals surface area contributed by atoms with Crippen molar-refractivity contribution in [2.45, 2.75) is 26.1 Å². The lowest BCUT2D eigenvalue weighted by Gasteiger charge is -2.14. The van der Waals surface area contributed by atoms with Crippen LogP contribution in [-0.2, 0) is 15.7 Å². The molecule has 1 atom stereocenters. The van der Waals surface area contributed by atoms with Gasteiger partial charge in [0.05, 0.1) is 16.8 Å². The summed E-state index contributed by atoms with van der Waals surface area (Å²) in [7, 11) is 0. The van der Waals surface area contributed by atoms with Crippen molar-refractivity contribution in [2.75, 3.05) is 10.6 Å². The molecule has 0 fully saturated rings. The standard InChI is InChI=1S/C21H17F3N2O5S/c1-11-10-16(26-19(28)15-4-3-9-30-15)32-17(11)20(29)31-12(2)18(27)25-14-7-5-13(6-8-14)21(22,23)24/h3-10,12H,1-2H3,(H,25,27)(H,26,28). The number of carbonyl (C=O) groups excluding carboxylic acids is 3. The van der Waals surface area contributed by atoms with E-state index in [0.29, 0.717) is 10.6 Å². The normalized spacial score (nSPS) is 12.2. The lowest BCUT2D eigenvalue weighted by Crippen LogP contribution is -2.30. The van der Waals surface area contributed by atoms with Crippen molar-refractivity contribution in [1.29, 1.82) is 0 Å². The second-order valence-corrected chi connectivity index (χ2v) is 7.72. The van der Waals surface area contributed by atoms with Gasteiger partial charge < -0.3 is 19.8 Å². The second kappa shape index (κ2) is 9.27. The molecule has 2 N–H and O–H groups in total. The van der Waals surface area contributed by atoms with Crippen LogP contribution in [0.4, 0.5) is 23.9 Å². The number of aryl methyl sites for hydroxylation is 1. The first-order valence-electron chi connectivity index (χ1n) is 9.19. The minimum Gasteiger partial charge on any atom is -0.459 e. The monoisotopic (exact) mass is 466 g/mol. The van der Waals surface area contributed by atoms with E-state index in [4.69, 9.17) is 9.15 Å². The molecule has 0 spiro atoms. The Hall–Kier alpha value is -3.60. The van der Waals surface area contributed by atoms with E-state index in [0.717, 1.165) is 35.6 Å². The molecule has 7 nitrogen and oxygen atoms in total. The van der Waals surface area contributed by atoms with Crippen LogP contribution in [0, 0.1) is 6.92 Å². The van der Waals surface area contributed by atoms with Gasteiger partial charge in [-0.15, -0.1) is 11.3 Å². The van der Waals surface area contributed by atoms with Gasteiger partial charge in [-0.25, -0.2) is 4.79 Å². The van der Waals surface area contributed by atoms with E-state index in [9.17, 15) is 27.6 Å². The summed E-state index contributed by atoms with van der Waals surface area (Å²) in [5.41, 5.74) is -0.190. The number of carbonyl (C=O) groups is 3. The second-order valence-electron chi connectivity index (χ2n) is 6.67. The number of amides is 2. The molecule has 3 aromatic rings. The zero-order valence-electron chi connectivity index (χ0n) is 16.8. The lowest BCUT2D eigenvalue weighted by atomic mass is 10.2. The Bertz CT molecular complexity index is 1120. The molecule has 0 aliphatic heterocycles. The molecular formula is C21H17F3N2O5S. The Labute approximate surface area is 184 Å². The van der Waals surface area contributed by atoms with Crippen molar-refractivity contribution in [3.05, 3.63) is 70.5 Å². The fraction of sp³-hybridized carbons (Fsp3) is 0.190. The third-order valence-electron chi connectivity index (χ3n) is 4.22. The number of furan rings is 1. The highest BCUT2D eigenvalue weighted by Crippen LogP contribution is 2.30. The Kier molecular flexibility index (Phi) is 6.68. The van der Waals surface area contributed by atoms with Crippen LogP contribution in [0.1, 0.15) is 38.3 Å². The number of anilines is 2. The van der Waals surface area contributed by atoms with Gasteiger partial charge in [0.2, 0.25) is 0 Å². The maximum Gasteiger partial charge on any atom is 0.416 e. The van der Waals surface area contributed by atoms with Crippen LogP contribution in [0.2, 0.25) is 0 Å². The van der Waals surface area contributed by atoms with Crippen molar-refractivity contribution >= 4 is 39.8 Å². The van der Waals surface area contributed by atoms with E-state index in [1.807, 2.05) is 0 Å². The van der Waals surface area contributed by atoms with Gasteiger partial charge in [-0.05, 0) is 61.9 Å². The van der Waals surface area contributed by atoms with Crippen LogP contribution >= 0.6 is 11.3 Å². The summed E-state index contributed by atoms with van der Waals surface area (Å²) >= 11 is 0.968. The first-order valence-corrected chi connectivity index (χ1v) is 10.0. The van der Waals surface area contributed by atoms with Crippen LogP contribution < -0.4 is 10.6 Å². The molecule has 32 heavy (non-hydrogen) atoms. The molecule has 1 aromatic carbocycles. The molecule has 168 valence electrons. The first-order chi connectivity index (χ1) is 15.0. The van der Waals surface area contributed by atoms with Gasteiger partial charge in [-0.1, -0.05) is 0 Å². The van der Waals surface area contributed by atoms with Gasteiger partial charge >= 0.3 is 12.1 Å². The van der Waals surface area contributed by atoms with Crippen molar-refractivity contribution in [2.24, 2.45) is 0 Å². The predicted octanol–water partition coefficient (Wildman–Crippen LogP) is 5.10. The Morgan fingerprint density at radius 1 is 1.09 bits per heavy atom. The largest absolute Gasteiger partial charge is 0.459 e. The highest BCUT2D eigenvalue weighted by atomic mass is 32.1. The number of nitrogens with one attached hydrogen (secondary N) is 2. The number of hydrogen-bond donors (Lipinski definition) is 2. The topological polar surface area (TPSA) is 97.6 Å². The highest BCUT2D eigenvalue weighted by Gasteiger charge is 2.30. The van der Waals surface area contributed by atoms with Crippen LogP contribution in [0.5, 0.6) is 0 Å². The highest BCUT2D eigenvalue weighted by molar-refractivity contribution is 7.18. The van der Waals surface area contributed by atoms with E-state index in [2.05, 4.69) is 10.6 Å². The molecule has 2 heterocycles. The van der Waals surface area contributed by atoms with Gasteiger partial charge in [0, 0.05) is 5.69 Å². The summed E-state index contributed by atoms with van der Waals surface area (Å²) in [6.45, 7) is 2.97. The van der Waals surface area contributed by atoms with E-state index in [-0.39, 0.29) is 16.3 Å². The van der Waals surface area contributed by atoms with E-state index in [1.165, 1.54) is 19.3 Å². The van der Waals surface area contributed by atoms with Crippen LogP contribution in [0.15, 0.2) is 53.1 Å². The number of benzene rings is 1. The number of rotatable bonds is 6. The summed E-state index contributed by atoms with van der Waals surface area (Å²) in [6, 6.07) is 8.50. The predicted molar refractivity (Wildman–Crippen MR) is 111 cm³/mol. The Morgan fingerprint density at radius 3 is 2.38 bits per heavy atom. The minimum atomic E-state index is -4.49. The zero-order chi connectivity index (χ0) is 23.5. The maximum absolute atomic E-state index is 12.6. The molecule has 0 bridgehead atoms. The molecule has 2 amide bonds. The minimum absolute atomic E-state index is 0.105. The van der Waals surface area contributed by atoms with Crippen LogP contribution in [0.3, 0.4) is 0 Å². The molecular weight excluding hydrogens is 449 g/mol. The molecule has 1 unspecified atom stereocenters. The number of ether oxygens (including phenoxy) is 1. The molecule has 3 rings (SSSR count). The van der Waals surface area contributed by atoms with Gasteiger partial charge in [0.1, 0.15) is 4.88 Å². The molecule has 2 aromatic heterocycles. The first kappa shape index (κ1) is 23.1. The summed E-state index contributed by atoms with van der Waals surface area (Å²) in [6.07, 6.45) is -4.35. The number of hydrogen-bond acceptors (Lipinski definition) is 6. The number of halogens is 3. The molecule has 0 saturated carbocycles. The fourth-order valence-electron chi connectivity index (χ4n) is 2.58. The smallest absolute Gasteiger partial charge is 0.416 e. The van der Waals surface area contributed by atoms with E-state index < -0.39 is 35.6 Å². The molecule has 0 aliphatic rings. The van der Waals surface area contributed by atoms with Crippen molar-refractivity contribution in [3.8, 4) is 0 Å². The SMILES string of the molecule is Cc1cc(NC(=O)c2ccco2)sc1C(=O)OC(C)C(=O)Nc1ccc(C(F)(F)F)cc1. The van der Waals surface area contributed by atoms with Gasteiger partial charge in [0.25, 0.3) is 11.8 Å². The average Bonchev–Trinajstić information content (AvgIpc) is 3.37. The Balaban J connectivity index is 1.59. The van der Waals surface area contributed by atoms with Crippen LogP contribution in [-0.4, -0.2) is 23.9 Å². The summed E-state index contributed by atoms with van der Waals surface area (Å²) in [4.78, 5) is 37.0. The number of thiophene rings is 1. The molecule has 0 saturated heterocycles.